The molecule has 1 atom stereocenters. The number of carboxylic acid groups (broad SMARTS) is 1. The molecule has 1 unspecified atom stereocenters. The minimum absolute atomic E-state index is 0.154. The standard InChI is InChI=1S/C17H21NO4S/c19-15(18-17(16(20)21)7-8-23-11-17)10-22-14-6-5-12-3-1-2-4-13(12)9-14/h5-6,9H,1-4,7-8,10-11H2,(H,18,19)(H,20,21). The van der Waals surface area contributed by atoms with Crippen LogP contribution in [0.4, 0.5) is 0 Å². The Hall–Kier alpha value is -1.69. The molecule has 0 bridgehead atoms. The van der Waals surface area contributed by atoms with Gasteiger partial charge in [-0.2, -0.15) is 11.8 Å². The Labute approximate surface area is 139 Å². The van der Waals surface area contributed by atoms with E-state index in [1.54, 1.807) is 11.8 Å². The molecule has 0 radical (unpaired) electrons. The number of amides is 1. The summed E-state index contributed by atoms with van der Waals surface area (Å²) in [5, 5.41) is 12.0. The molecular formula is C17H21NO4S. The van der Waals surface area contributed by atoms with E-state index >= 15 is 0 Å². The number of carbonyl (C=O) groups excluding carboxylic acids is 1. The monoisotopic (exact) mass is 335 g/mol. The second kappa shape index (κ2) is 6.83. The number of carboxylic acids is 1. The number of thioether (sulfide) groups is 1. The Bertz CT molecular complexity index is 611. The van der Waals surface area contributed by atoms with E-state index in [2.05, 4.69) is 11.4 Å². The number of fused-ring (bicyclic) bond motifs is 1. The number of aliphatic carboxylic acids is 1. The van der Waals surface area contributed by atoms with Crippen LogP contribution in [0.5, 0.6) is 5.75 Å². The lowest BCUT2D eigenvalue weighted by Gasteiger charge is -2.24. The van der Waals surface area contributed by atoms with Crippen LogP contribution in [-0.2, 0) is 22.4 Å². The van der Waals surface area contributed by atoms with E-state index in [1.807, 2.05) is 12.1 Å². The zero-order chi connectivity index (χ0) is 16.3. The summed E-state index contributed by atoms with van der Waals surface area (Å²) in [6.07, 6.45) is 5.03. The first kappa shape index (κ1) is 16.2. The van der Waals surface area contributed by atoms with E-state index in [0.717, 1.165) is 18.6 Å². The lowest BCUT2D eigenvalue weighted by Crippen LogP contribution is -2.55. The number of hydrogen-bond acceptors (Lipinski definition) is 4. The van der Waals surface area contributed by atoms with Crippen molar-refractivity contribution in [2.75, 3.05) is 18.1 Å². The fourth-order valence-corrected chi connectivity index (χ4v) is 4.46. The van der Waals surface area contributed by atoms with Gasteiger partial charge in [-0.3, -0.25) is 4.79 Å². The van der Waals surface area contributed by atoms with Crippen LogP contribution in [-0.4, -0.2) is 40.6 Å². The van der Waals surface area contributed by atoms with Crippen molar-refractivity contribution >= 4 is 23.6 Å². The molecule has 2 N–H and O–H groups in total. The van der Waals surface area contributed by atoms with Crippen LogP contribution < -0.4 is 10.1 Å². The molecule has 23 heavy (non-hydrogen) atoms. The van der Waals surface area contributed by atoms with Crippen LogP contribution in [0, 0.1) is 0 Å². The minimum atomic E-state index is -1.14. The van der Waals surface area contributed by atoms with E-state index in [9.17, 15) is 14.7 Å². The average Bonchev–Trinajstić information content (AvgIpc) is 3.02. The van der Waals surface area contributed by atoms with E-state index in [4.69, 9.17) is 4.74 Å². The molecule has 1 aliphatic heterocycles. The maximum atomic E-state index is 12.1. The first-order valence-electron chi connectivity index (χ1n) is 7.96. The van der Waals surface area contributed by atoms with Gasteiger partial charge in [-0.15, -0.1) is 0 Å². The van der Waals surface area contributed by atoms with Crippen molar-refractivity contribution < 1.29 is 19.4 Å². The molecule has 0 saturated carbocycles. The van der Waals surface area contributed by atoms with E-state index in [-0.39, 0.29) is 12.5 Å². The zero-order valence-electron chi connectivity index (χ0n) is 13.0. The molecule has 1 fully saturated rings. The van der Waals surface area contributed by atoms with E-state index < -0.39 is 11.5 Å². The van der Waals surface area contributed by atoms with Gasteiger partial charge < -0.3 is 15.2 Å². The third-order valence-corrected chi connectivity index (χ3v) is 5.69. The van der Waals surface area contributed by atoms with Crippen LogP contribution in [0.3, 0.4) is 0 Å². The second-order valence-electron chi connectivity index (χ2n) is 6.16. The molecule has 1 amide bonds. The molecule has 124 valence electrons. The van der Waals surface area contributed by atoms with E-state index in [1.165, 1.54) is 24.0 Å². The highest BCUT2D eigenvalue weighted by atomic mass is 32.2. The van der Waals surface area contributed by atoms with Crippen molar-refractivity contribution in [3.63, 3.8) is 0 Å². The number of rotatable bonds is 5. The molecule has 0 spiro atoms. The normalized spacial score (nSPS) is 23.1. The maximum absolute atomic E-state index is 12.1. The Morgan fingerprint density at radius 3 is 2.74 bits per heavy atom. The van der Waals surface area contributed by atoms with Crippen molar-refractivity contribution in [3.05, 3.63) is 29.3 Å². The molecule has 1 heterocycles. The zero-order valence-corrected chi connectivity index (χ0v) is 13.8. The number of hydrogen-bond donors (Lipinski definition) is 2. The lowest BCUT2D eigenvalue weighted by molar-refractivity contribution is -0.146. The average molecular weight is 335 g/mol. The van der Waals surface area contributed by atoms with Gasteiger partial charge in [-0.25, -0.2) is 4.79 Å². The largest absolute Gasteiger partial charge is 0.484 e. The predicted octanol–water partition coefficient (Wildman–Crippen LogP) is 2.02. The summed E-state index contributed by atoms with van der Waals surface area (Å²) in [6.45, 7) is -0.154. The molecule has 1 aromatic rings. The summed E-state index contributed by atoms with van der Waals surface area (Å²) in [4.78, 5) is 23.5. The Morgan fingerprint density at radius 2 is 2.04 bits per heavy atom. The van der Waals surface area contributed by atoms with Gasteiger partial charge in [0.15, 0.2) is 6.61 Å². The third-order valence-electron chi connectivity index (χ3n) is 4.50. The Kier molecular flexibility index (Phi) is 4.80. The lowest BCUT2D eigenvalue weighted by atomic mass is 9.92. The van der Waals surface area contributed by atoms with Crippen molar-refractivity contribution in [2.45, 2.75) is 37.6 Å². The molecule has 1 aliphatic carbocycles. The number of aryl methyl sites for hydroxylation is 2. The fourth-order valence-electron chi connectivity index (χ4n) is 3.14. The molecular weight excluding hydrogens is 314 g/mol. The van der Waals surface area contributed by atoms with Gasteiger partial charge in [-0.1, -0.05) is 6.07 Å². The second-order valence-corrected chi connectivity index (χ2v) is 7.27. The summed E-state index contributed by atoms with van der Waals surface area (Å²) < 4.78 is 5.56. The number of benzene rings is 1. The highest BCUT2D eigenvalue weighted by Gasteiger charge is 2.43. The van der Waals surface area contributed by atoms with Crippen molar-refractivity contribution in [1.82, 2.24) is 5.32 Å². The number of carbonyl (C=O) groups is 2. The summed E-state index contributed by atoms with van der Waals surface area (Å²) >= 11 is 1.54. The van der Waals surface area contributed by atoms with E-state index in [0.29, 0.717) is 17.9 Å². The maximum Gasteiger partial charge on any atom is 0.330 e. The molecule has 0 aromatic heterocycles. The number of ether oxygens (including phenoxy) is 1. The summed E-state index contributed by atoms with van der Waals surface area (Å²) in [7, 11) is 0. The predicted molar refractivity (Wildman–Crippen MR) is 89.0 cm³/mol. The van der Waals surface area contributed by atoms with Gasteiger partial charge in [-0.05, 0) is 61.1 Å². The highest BCUT2D eigenvalue weighted by Crippen LogP contribution is 2.28. The van der Waals surface area contributed by atoms with Crippen molar-refractivity contribution in [3.8, 4) is 5.75 Å². The first-order valence-corrected chi connectivity index (χ1v) is 9.11. The smallest absolute Gasteiger partial charge is 0.330 e. The van der Waals surface area contributed by atoms with Gasteiger partial charge in [0.25, 0.3) is 5.91 Å². The van der Waals surface area contributed by atoms with Gasteiger partial charge in [0.2, 0.25) is 0 Å². The van der Waals surface area contributed by atoms with Gasteiger partial charge >= 0.3 is 5.97 Å². The topological polar surface area (TPSA) is 75.6 Å². The molecule has 6 heteroatoms. The van der Waals surface area contributed by atoms with Crippen molar-refractivity contribution in [2.24, 2.45) is 0 Å². The SMILES string of the molecule is O=C(COc1ccc2c(c1)CCCC2)NC1(C(=O)O)CCSC1. The molecule has 3 rings (SSSR count). The number of nitrogens with one attached hydrogen (secondary N) is 1. The first-order chi connectivity index (χ1) is 11.1. The van der Waals surface area contributed by atoms with Crippen LogP contribution in [0.1, 0.15) is 30.4 Å². The molecule has 5 nitrogen and oxygen atoms in total. The van der Waals surface area contributed by atoms with Gasteiger partial charge in [0.1, 0.15) is 11.3 Å². The molecule has 1 saturated heterocycles. The molecule has 1 aromatic carbocycles. The summed E-state index contributed by atoms with van der Waals surface area (Å²) in [5.41, 5.74) is 1.52. The van der Waals surface area contributed by atoms with Crippen LogP contribution in [0.2, 0.25) is 0 Å². The van der Waals surface area contributed by atoms with Gasteiger partial charge in [0.05, 0.1) is 0 Å². The van der Waals surface area contributed by atoms with Crippen molar-refractivity contribution in [1.29, 1.82) is 0 Å². The summed E-state index contributed by atoms with van der Waals surface area (Å²) in [5.74, 6) is 0.480. The van der Waals surface area contributed by atoms with Crippen LogP contribution in [0.15, 0.2) is 18.2 Å². The fraction of sp³-hybridized carbons (Fsp3) is 0.529. The Balaban J connectivity index is 1.57. The van der Waals surface area contributed by atoms with Gasteiger partial charge in [0, 0.05) is 5.75 Å². The molecule has 2 aliphatic rings. The third kappa shape index (κ3) is 3.63. The van der Waals surface area contributed by atoms with Crippen LogP contribution >= 0.6 is 11.8 Å². The van der Waals surface area contributed by atoms with Crippen LogP contribution in [0.25, 0.3) is 0 Å². The Morgan fingerprint density at radius 1 is 1.26 bits per heavy atom. The quantitative estimate of drug-likeness (QED) is 0.861. The highest BCUT2D eigenvalue weighted by molar-refractivity contribution is 7.99. The minimum Gasteiger partial charge on any atom is -0.484 e. The summed E-state index contributed by atoms with van der Waals surface area (Å²) in [6, 6.07) is 5.95.